The van der Waals surface area contributed by atoms with Crippen molar-refractivity contribution < 1.29 is 14.2 Å². The fourth-order valence-electron chi connectivity index (χ4n) is 4.58. The van der Waals surface area contributed by atoms with Crippen LogP contribution in [-0.2, 0) is 14.2 Å². The van der Waals surface area contributed by atoms with Crippen LogP contribution in [0.3, 0.4) is 0 Å². The average Bonchev–Trinajstić information content (AvgIpc) is 2.82. The number of allylic oxidation sites excluding steroid dienone is 2. The van der Waals surface area contributed by atoms with Crippen LogP contribution in [0.4, 0.5) is 0 Å². The third kappa shape index (κ3) is 1.83. The van der Waals surface area contributed by atoms with Gasteiger partial charge in [-0.1, -0.05) is 32.1 Å². The van der Waals surface area contributed by atoms with Gasteiger partial charge in [0.25, 0.3) is 0 Å². The van der Waals surface area contributed by atoms with E-state index in [9.17, 15) is 0 Å². The summed E-state index contributed by atoms with van der Waals surface area (Å²) in [7, 11) is 3.43. The smallest absolute Gasteiger partial charge is 0.183 e. The molecule has 0 amide bonds. The molecule has 0 aromatic rings. The molecule has 112 valence electrons. The van der Waals surface area contributed by atoms with Gasteiger partial charge >= 0.3 is 0 Å². The van der Waals surface area contributed by atoms with Gasteiger partial charge in [0.15, 0.2) is 12.6 Å². The lowest BCUT2D eigenvalue weighted by Gasteiger charge is -2.52. The largest absolute Gasteiger partial charge is 0.355 e. The molecule has 0 bridgehead atoms. The molecule has 0 spiro atoms. The van der Waals surface area contributed by atoms with Crippen LogP contribution < -0.4 is 0 Å². The van der Waals surface area contributed by atoms with Crippen molar-refractivity contribution in [1.82, 2.24) is 0 Å². The van der Waals surface area contributed by atoms with E-state index < -0.39 is 0 Å². The third-order valence-electron chi connectivity index (χ3n) is 5.90. The maximum Gasteiger partial charge on any atom is 0.183 e. The summed E-state index contributed by atoms with van der Waals surface area (Å²) < 4.78 is 17.0. The summed E-state index contributed by atoms with van der Waals surface area (Å²) >= 11 is 0. The molecule has 1 heterocycles. The van der Waals surface area contributed by atoms with Crippen molar-refractivity contribution in [2.75, 3.05) is 14.2 Å². The Labute approximate surface area is 122 Å². The van der Waals surface area contributed by atoms with Gasteiger partial charge in [0, 0.05) is 20.1 Å². The standard InChI is InChI=1S/C17H26O3/c1-10-8-9-17(3)13(11(10)2)7-6-12-14(17)16(19-5)20-15(12)18-4/h6,10,13-16H,2,7-9H2,1,3-5H3/t10-,13-,14+,15-,16+,17-/m0/s1. The van der Waals surface area contributed by atoms with Gasteiger partial charge in [-0.2, -0.15) is 0 Å². The predicted molar refractivity (Wildman–Crippen MR) is 78.0 cm³/mol. The third-order valence-corrected chi connectivity index (χ3v) is 5.90. The second-order valence-electron chi connectivity index (χ2n) is 6.80. The lowest BCUT2D eigenvalue weighted by atomic mass is 9.53. The van der Waals surface area contributed by atoms with Crippen LogP contribution in [0, 0.1) is 23.2 Å². The second-order valence-corrected chi connectivity index (χ2v) is 6.80. The van der Waals surface area contributed by atoms with Crippen LogP contribution in [-0.4, -0.2) is 26.8 Å². The van der Waals surface area contributed by atoms with E-state index >= 15 is 0 Å². The van der Waals surface area contributed by atoms with Crippen LogP contribution in [0.15, 0.2) is 23.8 Å². The number of methoxy groups -OCH3 is 2. The van der Waals surface area contributed by atoms with Gasteiger partial charge in [-0.15, -0.1) is 0 Å². The van der Waals surface area contributed by atoms with Crippen LogP contribution >= 0.6 is 0 Å². The molecule has 3 heteroatoms. The molecule has 6 atom stereocenters. The van der Waals surface area contributed by atoms with Gasteiger partial charge in [0.1, 0.15) is 0 Å². The molecule has 1 saturated heterocycles. The van der Waals surface area contributed by atoms with E-state index in [1.54, 1.807) is 14.2 Å². The van der Waals surface area contributed by atoms with Crippen LogP contribution in [0.5, 0.6) is 0 Å². The molecule has 1 aliphatic heterocycles. The maximum atomic E-state index is 5.94. The van der Waals surface area contributed by atoms with Crippen LogP contribution in [0.1, 0.15) is 33.1 Å². The summed E-state index contributed by atoms with van der Waals surface area (Å²) in [5.74, 6) is 1.46. The number of rotatable bonds is 2. The Balaban J connectivity index is 2.00. The minimum atomic E-state index is -0.240. The minimum absolute atomic E-state index is 0.182. The Morgan fingerprint density at radius 1 is 1.35 bits per heavy atom. The van der Waals surface area contributed by atoms with E-state index in [2.05, 4.69) is 26.5 Å². The van der Waals surface area contributed by atoms with Gasteiger partial charge in [0.2, 0.25) is 0 Å². The van der Waals surface area contributed by atoms with E-state index in [0.717, 1.165) is 6.42 Å². The molecule has 2 aliphatic carbocycles. The Morgan fingerprint density at radius 3 is 2.75 bits per heavy atom. The van der Waals surface area contributed by atoms with E-state index in [1.165, 1.54) is 24.0 Å². The van der Waals surface area contributed by atoms with Crippen molar-refractivity contribution in [3.8, 4) is 0 Å². The van der Waals surface area contributed by atoms with E-state index in [0.29, 0.717) is 17.8 Å². The highest BCUT2D eigenvalue weighted by Crippen LogP contribution is 2.60. The Hall–Kier alpha value is -0.640. The van der Waals surface area contributed by atoms with Crippen molar-refractivity contribution in [2.24, 2.45) is 23.2 Å². The van der Waals surface area contributed by atoms with E-state index in [-0.39, 0.29) is 18.0 Å². The van der Waals surface area contributed by atoms with E-state index in [4.69, 9.17) is 14.2 Å². The first-order chi connectivity index (χ1) is 9.52. The highest BCUT2D eigenvalue weighted by molar-refractivity contribution is 5.29. The van der Waals surface area contributed by atoms with Crippen LogP contribution in [0.2, 0.25) is 0 Å². The molecule has 3 aliphatic rings. The molecule has 20 heavy (non-hydrogen) atoms. The first kappa shape index (κ1) is 14.3. The number of ether oxygens (including phenoxy) is 3. The summed E-state index contributed by atoms with van der Waals surface area (Å²) in [6, 6.07) is 0. The highest BCUT2D eigenvalue weighted by atomic mass is 16.8. The molecule has 0 aromatic heterocycles. The van der Waals surface area contributed by atoms with E-state index in [1.807, 2.05) is 0 Å². The summed E-state index contributed by atoms with van der Waals surface area (Å²) in [6.45, 7) is 9.08. The Kier molecular flexibility index (Phi) is 3.56. The van der Waals surface area contributed by atoms with Crippen molar-refractivity contribution in [1.29, 1.82) is 0 Å². The van der Waals surface area contributed by atoms with Crippen molar-refractivity contribution in [3.63, 3.8) is 0 Å². The number of fused-ring (bicyclic) bond motifs is 3. The van der Waals surface area contributed by atoms with Crippen LogP contribution in [0.25, 0.3) is 0 Å². The highest BCUT2D eigenvalue weighted by Gasteiger charge is 2.57. The lowest BCUT2D eigenvalue weighted by Crippen LogP contribution is -2.47. The summed E-state index contributed by atoms with van der Waals surface area (Å²) in [5.41, 5.74) is 2.87. The summed E-state index contributed by atoms with van der Waals surface area (Å²) in [5, 5.41) is 0. The predicted octanol–water partition coefficient (Wildman–Crippen LogP) is 3.52. The number of hydrogen-bond donors (Lipinski definition) is 0. The molecule has 0 unspecified atom stereocenters. The number of hydrogen-bond acceptors (Lipinski definition) is 3. The minimum Gasteiger partial charge on any atom is -0.355 e. The van der Waals surface area contributed by atoms with Gasteiger partial charge in [-0.05, 0) is 42.1 Å². The first-order valence-electron chi connectivity index (χ1n) is 7.62. The lowest BCUT2D eigenvalue weighted by molar-refractivity contribution is -0.201. The van der Waals surface area contributed by atoms with Crippen molar-refractivity contribution in [3.05, 3.63) is 23.8 Å². The van der Waals surface area contributed by atoms with Gasteiger partial charge < -0.3 is 14.2 Å². The normalized spacial score (nSPS) is 47.7. The van der Waals surface area contributed by atoms with Crippen molar-refractivity contribution in [2.45, 2.75) is 45.7 Å². The molecule has 0 N–H and O–H groups in total. The molecule has 0 radical (unpaired) electrons. The maximum absolute atomic E-state index is 5.94. The zero-order chi connectivity index (χ0) is 14.5. The Bertz CT molecular complexity index is 442. The molecule has 3 nitrogen and oxygen atoms in total. The molecular formula is C17H26O3. The SMILES string of the molecule is C=C1[C@@H](C)CC[C@]2(C)[C@@H]3C(=CC[C@@H]12)[C@@H](OC)O[C@H]3OC. The molecule has 0 aromatic carbocycles. The summed E-state index contributed by atoms with van der Waals surface area (Å²) in [4.78, 5) is 0. The first-order valence-corrected chi connectivity index (χ1v) is 7.62. The monoisotopic (exact) mass is 278 g/mol. The van der Waals surface area contributed by atoms with Gasteiger partial charge in [-0.3, -0.25) is 0 Å². The zero-order valence-corrected chi connectivity index (χ0v) is 13.0. The fraction of sp³-hybridized carbons (Fsp3) is 0.765. The zero-order valence-electron chi connectivity index (χ0n) is 13.0. The van der Waals surface area contributed by atoms with Gasteiger partial charge in [0.05, 0.1) is 0 Å². The second kappa shape index (κ2) is 4.97. The molecular weight excluding hydrogens is 252 g/mol. The quantitative estimate of drug-likeness (QED) is 0.723. The topological polar surface area (TPSA) is 27.7 Å². The molecule has 2 fully saturated rings. The molecule has 3 rings (SSSR count). The molecule has 1 saturated carbocycles. The van der Waals surface area contributed by atoms with Crippen molar-refractivity contribution >= 4 is 0 Å². The Morgan fingerprint density at radius 2 is 2.10 bits per heavy atom. The average molecular weight is 278 g/mol. The van der Waals surface area contributed by atoms with Gasteiger partial charge in [-0.25, -0.2) is 0 Å². The summed E-state index contributed by atoms with van der Waals surface area (Å²) in [6.07, 6.45) is 5.36. The fourth-order valence-corrected chi connectivity index (χ4v) is 4.58.